The Labute approximate surface area is 504 Å². The summed E-state index contributed by atoms with van der Waals surface area (Å²) >= 11 is 24.6. The second-order valence-corrected chi connectivity index (χ2v) is 22.5. The van der Waals surface area contributed by atoms with Crippen molar-refractivity contribution in [1.82, 2.24) is 9.80 Å². The number of rotatable bonds is 29. The molecule has 0 radical (unpaired) electrons. The quantitative estimate of drug-likeness (QED) is 0.0282. The van der Waals surface area contributed by atoms with E-state index in [9.17, 15) is 5.11 Å². The topological polar surface area (TPSA) is 112 Å². The van der Waals surface area contributed by atoms with Gasteiger partial charge in [0.05, 0.1) is 13.2 Å². The Kier molecular flexibility index (Phi) is 25.6. The lowest BCUT2D eigenvalue weighted by Crippen LogP contribution is -2.26. The zero-order chi connectivity index (χ0) is 58.1. The van der Waals surface area contributed by atoms with Crippen LogP contribution in [0.2, 0.25) is 20.1 Å². The van der Waals surface area contributed by atoms with Crippen molar-refractivity contribution in [3.63, 3.8) is 0 Å². The first-order valence-corrected chi connectivity index (χ1v) is 29.2. The number of benzene rings is 8. The third-order valence-corrected chi connectivity index (χ3v) is 15.0. The Morgan fingerprint density at radius 3 is 1.00 bits per heavy atom. The highest BCUT2D eigenvalue weighted by atomic mass is 35.5. The average Bonchev–Trinajstić information content (AvgIpc) is 3.53. The fourth-order valence-electron chi connectivity index (χ4n) is 9.28. The van der Waals surface area contributed by atoms with E-state index in [-0.39, 0.29) is 38.3 Å². The van der Waals surface area contributed by atoms with Crippen LogP contribution in [0, 0.1) is 13.8 Å². The fraction of sp³-hybridized carbons (Fsp3) is 0.294. The number of aliphatic hydroxyl groups is 1. The van der Waals surface area contributed by atoms with E-state index in [2.05, 4.69) is 107 Å². The van der Waals surface area contributed by atoms with Crippen molar-refractivity contribution in [3.05, 3.63) is 269 Å². The van der Waals surface area contributed by atoms with E-state index >= 15 is 0 Å². The Balaban J connectivity index is 0.000000236. The number of hydrogen-bond acceptors (Lipinski definition) is 8. The lowest BCUT2D eigenvalue weighted by molar-refractivity contribution is 0.0626. The molecule has 0 aliphatic heterocycles. The molecule has 0 aromatic heterocycles. The number of halogens is 4. The molecule has 0 fully saturated rings. The van der Waals surface area contributed by atoms with Gasteiger partial charge >= 0.3 is 0 Å². The Morgan fingerprint density at radius 1 is 0.427 bits per heavy atom. The van der Waals surface area contributed by atoms with Gasteiger partial charge in [-0.25, -0.2) is 0 Å². The molecule has 10 nitrogen and oxygen atoms in total. The van der Waals surface area contributed by atoms with Crippen LogP contribution >= 0.6 is 46.4 Å². The van der Waals surface area contributed by atoms with Gasteiger partial charge in [-0.15, -0.1) is 0 Å². The lowest BCUT2D eigenvalue weighted by Gasteiger charge is -2.25. The molecule has 0 saturated heterocycles. The third kappa shape index (κ3) is 21.9. The summed E-state index contributed by atoms with van der Waals surface area (Å²) in [6.07, 6.45) is 3.30. The van der Waals surface area contributed by atoms with Crippen molar-refractivity contribution < 1.29 is 24.1 Å². The molecule has 8 aromatic carbocycles. The van der Waals surface area contributed by atoms with Crippen LogP contribution in [-0.4, -0.2) is 93.8 Å². The summed E-state index contributed by atoms with van der Waals surface area (Å²) in [5.74, 6) is 3.40. The van der Waals surface area contributed by atoms with Crippen molar-refractivity contribution in [2.45, 2.75) is 63.5 Å². The number of aryl methyl sites for hydroxylation is 4. The average molecular weight is 1180 g/mol. The predicted octanol–water partition coefficient (Wildman–Crippen LogP) is 17.0. The van der Waals surface area contributed by atoms with Gasteiger partial charge in [-0.2, -0.15) is 0 Å². The van der Waals surface area contributed by atoms with Gasteiger partial charge < -0.3 is 33.9 Å². The smallest absolute Gasteiger partial charge is 0.122 e. The van der Waals surface area contributed by atoms with Crippen LogP contribution in [0.3, 0.4) is 0 Å². The van der Waals surface area contributed by atoms with E-state index < -0.39 is 12.1 Å². The van der Waals surface area contributed by atoms with Crippen molar-refractivity contribution in [3.8, 4) is 23.0 Å². The minimum absolute atomic E-state index is 0.179. The van der Waals surface area contributed by atoms with Gasteiger partial charge in [-0.3, -0.25) is 0 Å². The summed E-state index contributed by atoms with van der Waals surface area (Å²) in [7, 11) is 4.34. The van der Waals surface area contributed by atoms with Gasteiger partial charge in [0.25, 0.3) is 0 Å². The molecule has 2 atom stereocenters. The van der Waals surface area contributed by atoms with E-state index in [1.165, 1.54) is 38.9 Å². The molecule has 0 aliphatic rings. The van der Waals surface area contributed by atoms with E-state index in [1.54, 1.807) is 0 Å². The molecule has 1 N–H and O–H groups in total. The highest BCUT2D eigenvalue weighted by molar-refractivity contribution is 6.31. The molecule has 0 spiro atoms. The fourth-order valence-corrected chi connectivity index (χ4v) is 9.78. The summed E-state index contributed by atoms with van der Waals surface area (Å²) < 4.78 is 23.1. The number of hydrogen-bond donors (Lipinski definition) is 1. The van der Waals surface area contributed by atoms with E-state index in [0.717, 1.165) is 101 Å². The molecule has 2 unspecified atom stereocenters. The predicted molar refractivity (Wildman–Crippen MR) is 337 cm³/mol. The molecule has 8 rings (SSSR count). The van der Waals surface area contributed by atoms with Crippen LogP contribution in [-0.2, 0) is 12.8 Å². The molecular weight excluding hydrogens is 1110 g/mol. The molecule has 8 aromatic rings. The van der Waals surface area contributed by atoms with Crippen LogP contribution in [0.25, 0.3) is 10.4 Å². The number of ether oxygens (including phenoxy) is 4. The van der Waals surface area contributed by atoms with Gasteiger partial charge in [0.1, 0.15) is 48.4 Å². The van der Waals surface area contributed by atoms with Crippen molar-refractivity contribution in [2.75, 3.05) is 66.7 Å². The largest absolute Gasteiger partial charge is 0.493 e. The molecular formula is C68H73Cl4N5O5. The van der Waals surface area contributed by atoms with Crippen molar-refractivity contribution in [2.24, 2.45) is 5.11 Å². The van der Waals surface area contributed by atoms with Crippen LogP contribution in [0.4, 0.5) is 0 Å². The first-order valence-electron chi connectivity index (χ1n) is 27.7. The van der Waals surface area contributed by atoms with E-state index in [0.29, 0.717) is 0 Å². The van der Waals surface area contributed by atoms with Crippen LogP contribution in [0.15, 0.2) is 199 Å². The van der Waals surface area contributed by atoms with Crippen molar-refractivity contribution in [1.29, 1.82) is 0 Å². The summed E-state index contributed by atoms with van der Waals surface area (Å²) in [5.41, 5.74) is 18.7. The standard InChI is InChI=1S/C34H36Cl2N4O2.C34H37Cl2NO3/c1-25-5-17-32(18-6-25)41-23-31(38-39-37)24-42-33-19-7-26(8-20-33)4-3-21-40(2)22-34(27-9-13-29(35)14-10-27)28-11-15-30(36)16-12-28;1-25-5-17-32(18-6-25)39-23-31(38)24-40-33-19-7-26(8-20-33)4-3-21-37(2)22-34(27-9-13-29(35)14-10-27)28-11-15-30(36)16-12-28/h5-20,31,34H,3-4,21-24H2,1-2H3;5-20,31,34,38H,3-4,21-24H2,1-2H3. The van der Waals surface area contributed by atoms with Gasteiger partial charge in [-0.05, 0) is 203 Å². The molecule has 0 aliphatic carbocycles. The first-order chi connectivity index (χ1) is 39.7. The highest BCUT2D eigenvalue weighted by Gasteiger charge is 2.19. The summed E-state index contributed by atoms with van der Waals surface area (Å²) in [6.45, 7) is 8.61. The minimum Gasteiger partial charge on any atom is -0.493 e. The lowest BCUT2D eigenvalue weighted by atomic mass is 9.91. The Morgan fingerprint density at radius 2 is 0.707 bits per heavy atom. The number of likely N-dealkylation sites (N-methyl/N-ethyl adjacent to an activating group) is 2. The van der Waals surface area contributed by atoms with Gasteiger partial charge in [0, 0.05) is 49.9 Å². The number of aliphatic hydroxyl groups excluding tert-OH is 1. The first kappa shape index (κ1) is 62.9. The van der Waals surface area contributed by atoms with Crippen molar-refractivity contribution >= 4 is 46.4 Å². The van der Waals surface area contributed by atoms with E-state index in [4.69, 9.17) is 70.9 Å². The molecule has 0 bridgehead atoms. The Bertz CT molecular complexity index is 3060. The maximum Gasteiger partial charge on any atom is 0.122 e. The number of nitrogens with zero attached hydrogens (tertiary/aromatic N) is 5. The molecule has 0 amide bonds. The Hall–Kier alpha value is -6.69. The third-order valence-electron chi connectivity index (χ3n) is 14.0. The van der Waals surface area contributed by atoms with Gasteiger partial charge in [0.2, 0.25) is 0 Å². The van der Waals surface area contributed by atoms with Crippen LogP contribution in [0.5, 0.6) is 23.0 Å². The van der Waals surface area contributed by atoms with Crippen LogP contribution in [0.1, 0.15) is 69.2 Å². The molecule has 0 saturated carbocycles. The zero-order valence-corrected chi connectivity index (χ0v) is 50.1. The van der Waals surface area contributed by atoms with Crippen LogP contribution < -0.4 is 18.9 Å². The SMILES string of the molecule is Cc1ccc(OCC(COc2ccc(CCCN(C)CC(c3ccc(Cl)cc3)c3ccc(Cl)cc3)cc2)N=[N+]=[N-])cc1.Cc1ccc(OCC(O)COc2ccc(CCCN(C)CC(c3ccc(Cl)cc3)c3ccc(Cl)cc3)cc2)cc1. The summed E-state index contributed by atoms with van der Waals surface area (Å²) in [6, 6.07) is 63.7. The normalized spacial score (nSPS) is 11.9. The zero-order valence-electron chi connectivity index (χ0n) is 47.1. The summed E-state index contributed by atoms with van der Waals surface area (Å²) in [4.78, 5) is 7.70. The maximum atomic E-state index is 10.2. The second-order valence-electron chi connectivity index (χ2n) is 20.7. The van der Waals surface area contributed by atoms with E-state index in [1.807, 2.05) is 135 Å². The summed E-state index contributed by atoms with van der Waals surface area (Å²) in [5, 5.41) is 17.0. The van der Waals surface area contributed by atoms with Gasteiger partial charge in [-0.1, -0.05) is 160 Å². The molecule has 14 heteroatoms. The maximum absolute atomic E-state index is 10.2. The minimum atomic E-state index is -0.707. The second kappa shape index (κ2) is 33.4. The highest BCUT2D eigenvalue weighted by Crippen LogP contribution is 2.30. The molecule has 428 valence electrons. The monoisotopic (exact) mass is 1180 g/mol. The molecule has 0 heterocycles. The van der Waals surface area contributed by atoms with Gasteiger partial charge in [0.15, 0.2) is 0 Å². The molecule has 82 heavy (non-hydrogen) atoms. The number of azide groups is 1.